The number of carbonyl (C=O) groups is 1. The Bertz CT molecular complexity index is 1680. The summed E-state index contributed by atoms with van der Waals surface area (Å²) in [5, 5.41) is 2.89. The highest BCUT2D eigenvalue weighted by Crippen LogP contribution is 2.54. The molecule has 0 aliphatic carbocycles. The molecule has 3 atom stereocenters. The van der Waals surface area contributed by atoms with Crippen molar-refractivity contribution in [2.24, 2.45) is 4.99 Å². The molecule has 48 heavy (non-hydrogen) atoms. The molecule has 4 aromatic carbocycles. The van der Waals surface area contributed by atoms with Gasteiger partial charge in [0.2, 0.25) is 0 Å². The van der Waals surface area contributed by atoms with E-state index < -0.39 is 24.7 Å². The first-order valence-corrected chi connectivity index (χ1v) is 18.3. The largest absolute Gasteiger partial charge is 0.362 e. The van der Waals surface area contributed by atoms with Gasteiger partial charge in [-0.2, -0.15) is 0 Å². The van der Waals surface area contributed by atoms with Crippen LogP contribution in [0.15, 0.2) is 139 Å². The first-order chi connectivity index (χ1) is 23.3. The van der Waals surface area contributed by atoms with Gasteiger partial charge in [-0.25, -0.2) is 9.66 Å². The van der Waals surface area contributed by atoms with Gasteiger partial charge in [-0.15, -0.1) is 0 Å². The molecular weight excluding hydrogens is 645 g/mol. The Morgan fingerprint density at radius 2 is 1.42 bits per heavy atom. The number of benzene rings is 4. The summed E-state index contributed by atoms with van der Waals surface area (Å²) in [6.45, 7) is -2.33. The van der Waals surface area contributed by atoms with Crippen molar-refractivity contribution in [3.05, 3.63) is 156 Å². The number of amidine groups is 1. The van der Waals surface area contributed by atoms with Crippen molar-refractivity contribution in [3.8, 4) is 0 Å². The van der Waals surface area contributed by atoms with E-state index >= 15 is 0 Å². The first-order valence-electron chi connectivity index (χ1n) is 15.8. The second-order valence-electron chi connectivity index (χ2n) is 11.9. The lowest BCUT2D eigenvalue weighted by Gasteiger charge is -2.52. The molecule has 4 aromatic rings. The number of amides is 1. The van der Waals surface area contributed by atoms with Crippen molar-refractivity contribution in [2.45, 2.75) is 17.9 Å². The molecule has 0 bridgehead atoms. The molecule has 1 amide bonds. The summed E-state index contributed by atoms with van der Waals surface area (Å²) >= 11 is 6.31. The van der Waals surface area contributed by atoms with E-state index in [4.69, 9.17) is 20.5 Å². The lowest BCUT2D eigenvalue weighted by molar-refractivity contribution is -0.161. The Kier molecular flexibility index (Phi) is 10.6. The van der Waals surface area contributed by atoms with E-state index in [1.54, 1.807) is 32.3 Å². The number of rotatable bonds is 10. The summed E-state index contributed by atoms with van der Waals surface area (Å²) in [4.78, 5) is 21.9. The lowest BCUT2D eigenvalue weighted by Crippen LogP contribution is -2.61. The number of morpholine rings is 1. The van der Waals surface area contributed by atoms with Gasteiger partial charge in [0.1, 0.15) is 18.7 Å². The predicted octanol–water partition coefficient (Wildman–Crippen LogP) is 6.55. The average molecular weight is 684 g/mol. The highest BCUT2D eigenvalue weighted by molar-refractivity contribution is 7.83. The van der Waals surface area contributed by atoms with Gasteiger partial charge >= 0.3 is 6.87 Å². The average Bonchev–Trinajstić information content (AvgIpc) is 3.13. The Balaban J connectivity index is 1.36. The number of halogens is 1. The number of carbonyl (C=O) groups excluding carboxylic acids is 1. The second kappa shape index (κ2) is 15.0. The molecule has 2 aliphatic heterocycles. The summed E-state index contributed by atoms with van der Waals surface area (Å²) in [5.41, 5.74) is 3.12. The zero-order valence-corrected chi connectivity index (χ0v) is 28.6. The molecule has 2 heterocycles. The zero-order valence-electron chi connectivity index (χ0n) is 26.9. The van der Waals surface area contributed by atoms with Crippen LogP contribution in [0, 0.1) is 0 Å². The number of ether oxygens (including phenoxy) is 1. The van der Waals surface area contributed by atoms with E-state index in [0.717, 1.165) is 16.7 Å². The Hall–Kier alpha value is -4.08. The highest BCUT2D eigenvalue weighted by atomic mass is 35.7. The topological polar surface area (TPSA) is 86.7 Å². The van der Waals surface area contributed by atoms with E-state index in [1.165, 1.54) is 4.67 Å². The standard InChI is InChI=1S/C37H39ClN5O4P/c1-41(2)48(38,45)46-27-33-25-43(26-35(47-33)42-24-23-34(39-28-42)40-36(44)29-15-7-3-8-16-29)37(30-17-9-4-10-18-30,31-19-11-5-12-20-31)32-21-13-6-14-22-32/h3-24,33,35H,25-28H2,1-2H3,(H,39,40,44)/t33-,35?,48?/m0/s1. The van der Waals surface area contributed by atoms with Crippen LogP contribution in [0.2, 0.25) is 0 Å². The molecule has 9 nitrogen and oxygen atoms in total. The number of nitrogens with zero attached hydrogens (tertiary/aromatic N) is 4. The molecule has 1 N–H and O–H groups in total. The van der Waals surface area contributed by atoms with Crippen LogP contribution in [0.4, 0.5) is 0 Å². The fourth-order valence-electron chi connectivity index (χ4n) is 6.21. The van der Waals surface area contributed by atoms with Gasteiger partial charge in [-0.1, -0.05) is 109 Å². The van der Waals surface area contributed by atoms with Crippen LogP contribution in [0.3, 0.4) is 0 Å². The zero-order chi connectivity index (χ0) is 33.6. The van der Waals surface area contributed by atoms with E-state index in [-0.39, 0.29) is 19.2 Å². The summed E-state index contributed by atoms with van der Waals surface area (Å²) in [7, 11) is 3.25. The maximum atomic E-state index is 13.0. The van der Waals surface area contributed by atoms with Gasteiger partial charge in [0, 0.05) is 24.9 Å². The fraction of sp³-hybridized carbons (Fsp3) is 0.243. The molecule has 2 aliphatic rings. The minimum atomic E-state index is -3.55. The van der Waals surface area contributed by atoms with Crippen LogP contribution >= 0.6 is 18.1 Å². The van der Waals surface area contributed by atoms with Crippen LogP contribution in [0.25, 0.3) is 0 Å². The third kappa shape index (κ3) is 7.32. The number of hydrogen-bond donors (Lipinski definition) is 1. The SMILES string of the molecule is CN(C)P(=O)(Cl)OC[C@@H]1CN(C(c2ccccc2)(c2ccccc2)c2ccccc2)CC(N2C=CC(NC(=O)c3ccccc3)=NC2)O1. The lowest BCUT2D eigenvalue weighted by atomic mass is 9.75. The second-order valence-corrected chi connectivity index (χ2v) is 15.1. The molecule has 2 unspecified atom stereocenters. The normalized spacial score (nSPS) is 19.8. The number of hydrogen-bond acceptors (Lipinski definition) is 7. The monoisotopic (exact) mass is 683 g/mol. The summed E-state index contributed by atoms with van der Waals surface area (Å²) < 4.78 is 26.9. The van der Waals surface area contributed by atoms with Crippen LogP contribution in [-0.2, 0) is 19.4 Å². The van der Waals surface area contributed by atoms with Crippen LogP contribution in [0.5, 0.6) is 0 Å². The van der Waals surface area contributed by atoms with Crippen LogP contribution in [-0.4, -0.2) is 79.0 Å². The van der Waals surface area contributed by atoms with Gasteiger partial charge in [-0.05, 0) is 60.2 Å². The van der Waals surface area contributed by atoms with Gasteiger partial charge in [0.25, 0.3) is 5.91 Å². The molecule has 0 spiro atoms. The highest BCUT2D eigenvalue weighted by Gasteiger charge is 2.47. The molecule has 0 saturated carbocycles. The molecule has 248 valence electrons. The predicted molar refractivity (Wildman–Crippen MR) is 190 cm³/mol. The van der Waals surface area contributed by atoms with Gasteiger partial charge in [0.05, 0.1) is 18.2 Å². The smallest absolute Gasteiger partial charge is 0.350 e. The van der Waals surface area contributed by atoms with Crippen LogP contribution < -0.4 is 5.32 Å². The van der Waals surface area contributed by atoms with Crippen molar-refractivity contribution < 1.29 is 18.6 Å². The van der Waals surface area contributed by atoms with Crippen molar-refractivity contribution in [3.63, 3.8) is 0 Å². The molecule has 11 heteroatoms. The van der Waals surface area contributed by atoms with Crippen LogP contribution in [0.1, 0.15) is 27.0 Å². The minimum Gasteiger partial charge on any atom is -0.350 e. The van der Waals surface area contributed by atoms with E-state index in [1.807, 2.05) is 47.5 Å². The Labute approximate surface area is 286 Å². The third-order valence-corrected chi connectivity index (χ3v) is 11.2. The number of aliphatic imine (C=N–C) groups is 1. The number of nitrogens with one attached hydrogen (secondary N) is 1. The molecule has 6 rings (SSSR count). The fourth-order valence-corrected chi connectivity index (χ4v) is 6.96. The summed E-state index contributed by atoms with van der Waals surface area (Å²) in [5.74, 6) is 0.239. The minimum absolute atomic E-state index is 0.0135. The third-order valence-electron chi connectivity index (χ3n) is 8.57. The Morgan fingerprint density at radius 3 is 1.90 bits per heavy atom. The first kappa shape index (κ1) is 33.8. The van der Waals surface area contributed by atoms with E-state index in [0.29, 0.717) is 24.5 Å². The summed E-state index contributed by atoms with van der Waals surface area (Å²) in [6.07, 6.45) is 2.70. The van der Waals surface area contributed by atoms with Gasteiger partial charge < -0.3 is 19.5 Å². The van der Waals surface area contributed by atoms with Crippen molar-refractivity contribution in [1.82, 2.24) is 19.8 Å². The van der Waals surface area contributed by atoms with Gasteiger partial charge in [-0.3, -0.25) is 14.3 Å². The Morgan fingerprint density at radius 1 is 0.896 bits per heavy atom. The summed E-state index contributed by atoms with van der Waals surface area (Å²) in [6, 6.07) is 40.4. The molecule has 1 saturated heterocycles. The van der Waals surface area contributed by atoms with Crippen molar-refractivity contribution in [2.75, 3.05) is 40.5 Å². The molecule has 0 aromatic heterocycles. The van der Waals surface area contributed by atoms with Crippen molar-refractivity contribution >= 4 is 29.9 Å². The van der Waals surface area contributed by atoms with E-state index in [9.17, 15) is 9.36 Å². The maximum absolute atomic E-state index is 13.0. The quantitative estimate of drug-likeness (QED) is 0.150. The molecule has 0 radical (unpaired) electrons. The van der Waals surface area contributed by atoms with Gasteiger partial charge in [0.15, 0.2) is 0 Å². The molecular formula is C37H39ClN5O4P. The van der Waals surface area contributed by atoms with Crippen molar-refractivity contribution in [1.29, 1.82) is 0 Å². The molecule has 1 fully saturated rings. The van der Waals surface area contributed by atoms with E-state index in [2.05, 4.69) is 88.0 Å². The maximum Gasteiger partial charge on any atom is 0.362 e.